The van der Waals surface area contributed by atoms with E-state index in [0.29, 0.717) is 6.61 Å². The van der Waals surface area contributed by atoms with Crippen molar-refractivity contribution in [1.82, 2.24) is 0 Å². The zero-order valence-electron chi connectivity index (χ0n) is 6.82. The van der Waals surface area contributed by atoms with Crippen LogP contribution >= 0.6 is 47.8 Å². The van der Waals surface area contributed by atoms with E-state index in [1.165, 1.54) is 0 Å². The lowest BCUT2D eigenvalue weighted by Crippen LogP contribution is -1.96. The van der Waals surface area contributed by atoms with Gasteiger partial charge < -0.3 is 4.74 Å². The number of ether oxygens (including phenoxy) is 1. The second-order valence-electron chi connectivity index (χ2n) is 2.40. The first-order valence-corrected chi connectivity index (χ1v) is 6.09. The zero-order valence-corrected chi connectivity index (χ0v) is 11.6. The van der Waals surface area contributed by atoms with Crippen LogP contribution in [0.25, 0.3) is 0 Å². The van der Waals surface area contributed by atoms with E-state index in [9.17, 15) is 0 Å². The van der Waals surface area contributed by atoms with E-state index >= 15 is 0 Å². The second-order valence-corrected chi connectivity index (χ2v) is 5.02. The van der Waals surface area contributed by atoms with Crippen LogP contribution in [0.5, 0.6) is 5.75 Å². The van der Waals surface area contributed by atoms with Gasteiger partial charge in [-0.1, -0.05) is 15.9 Å². The van der Waals surface area contributed by atoms with E-state index in [1.807, 2.05) is 12.1 Å². The minimum Gasteiger partial charge on any atom is -0.491 e. The Labute approximate surface area is 103 Å². The van der Waals surface area contributed by atoms with Gasteiger partial charge >= 0.3 is 0 Å². The molecule has 1 nitrogen and oxygen atoms in total. The van der Waals surface area contributed by atoms with Gasteiger partial charge in [0.2, 0.25) is 0 Å². The number of rotatable bonds is 3. The highest BCUT2D eigenvalue weighted by molar-refractivity contribution is 9.11. The predicted molar refractivity (Wildman–Crippen MR) is 65.0 cm³/mol. The topological polar surface area (TPSA) is 9.23 Å². The summed E-state index contributed by atoms with van der Waals surface area (Å²) in [4.78, 5) is 0. The minimum atomic E-state index is 0.624. The standard InChI is InChI=1S/C9H8Br3O/c1-2-3-13-9-7(11)4-6(10)5-8(9)12/h4-5H,1-3H2. The van der Waals surface area contributed by atoms with Gasteiger partial charge in [-0.05, 0) is 57.3 Å². The number of hydrogen-bond donors (Lipinski definition) is 0. The smallest absolute Gasteiger partial charge is 0.147 e. The average Bonchev–Trinajstić information content (AvgIpc) is 2.02. The molecule has 1 rings (SSSR count). The van der Waals surface area contributed by atoms with Crippen LogP contribution in [0.1, 0.15) is 6.42 Å². The Kier molecular flexibility index (Phi) is 4.76. The third kappa shape index (κ3) is 3.26. The van der Waals surface area contributed by atoms with Gasteiger partial charge in [-0.25, -0.2) is 0 Å². The van der Waals surface area contributed by atoms with Gasteiger partial charge in [0, 0.05) is 4.47 Å². The normalized spacial score (nSPS) is 10.2. The van der Waals surface area contributed by atoms with E-state index in [-0.39, 0.29) is 0 Å². The van der Waals surface area contributed by atoms with E-state index < -0.39 is 0 Å². The first kappa shape index (κ1) is 11.5. The maximum atomic E-state index is 5.49. The molecule has 0 unspecified atom stereocenters. The van der Waals surface area contributed by atoms with E-state index in [4.69, 9.17) is 4.74 Å². The van der Waals surface area contributed by atoms with Gasteiger partial charge in [-0.15, -0.1) is 0 Å². The summed E-state index contributed by atoms with van der Waals surface area (Å²) >= 11 is 10.2. The number of benzene rings is 1. The maximum Gasteiger partial charge on any atom is 0.147 e. The number of halogens is 3. The molecule has 4 heteroatoms. The lowest BCUT2D eigenvalue weighted by molar-refractivity contribution is 0.320. The van der Waals surface area contributed by atoms with Crippen molar-refractivity contribution in [3.8, 4) is 5.75 Å². The molecule has 0 spiro atoms. The molecule has 0 bridgehead atoms. The maximum absolute atomic E-state index is 5.49. The summed E-state index contributed by atoms with van der Waals surface area (Å²) in [5.41, 5.74) is 0. The molecule has 0 aliphatic heterocycles. The number of hydrogen-bond acceptors (Lipinski definition) is 1. The van der Waals surface area contributed by atoms with Crippen LogP contribution < -0.4 is 4.74 Å². The fourth-order valence-corrected chi connectivity index (χ4v) is 3.33. The van der Waals surface area contributed by atoms with Crippen molar-refractivity contribution >= 4 is 47.8 Å². The average molecular weight is 372 g/mol. The van der Waals surface area contributed by atoms with Gasteiger partial charge in [0.15, 0.2) is 0 Å². The van der Waals surface area contributed by atoms with E-state index in [0.717, 1.165) is 25.6 Å². The fraction of sp³-hybridized carbons (Fsp3) is 0.222. The summed E-state index contributed by atoms with van der Waals surface area (Å²) in [6.45, 7) is 4.34. The van der Waals surface area contributed by atoms with Crippen molar-refractivity contribution in [1.29, 1.82) is 0 Å². The van der Waals surface area contributed by atoms with Crippen LogP contribution in [0.4, 0.5) is 0 Å². The molecule has 0 saturated carbocycles. The molecule has 0 amide bonds. The van der Waals surface area contributed by atoms with Crippen LogP contribution in [0.3, 0.4) is 0 Å². The fourth-order valence-electron chi connectivity index (χ4n) is 0.841. The predicted octanol–water partition coefficient (Wildman–Crippen LogP) is 4.58. The molecule has 13 heavy (non-hydrogen) atoms. The zero-order chi connectivity index (χ0) is 9.84. The molecule has 0 aliphatic rings. The Morgan fingerprint density at radius 2 is 1.69 bits per heavy atom. The molecule has 0 heterocycles. The molecule has 0 aliphatic carbocycles. The molecule has 1 aromatic rings. The van der Waals surface area contributed by atoms with Crippen molar-refractivity contribution in [2.45, 2.75) is 6.42 Å². The van der Waals surface area contributed by atoms with Crippen LogP contribution in [-0.4, -0.2) is 6.61 Å². The lowest BCUT2D eigenvalue weighted by Gasteiger charge is -2.09. The molecule has 0 aromatic heterocycles. The van der Waals surface area contributed by atoms with E-state index in [2.05, 4.69) is 54.7 Å². The molecule has 1 aromatic carbocycles. The molecule has 1 radical (unpaired) electrons. The Hall–Kier alpha value is 0.460. The molecule has 0 fully saturated rings. The molecule has 0 N–H and O–H groups in total. The minimum absolute atomic E-state index is 0.624. The van der Waals surface area contributed by atoms with E-state index in [1.54, 1.807) is 0 Å². The summed E-state index contributed by atoms with van der Waals surface area (Å²) < 4.78 is 8.37. The Bertz CT molecular complexity index is 276. The van der Waals surface area contributed by atoms with Gasteiger partial charge in [-0.3, -0.25) is 0 Å². The molecule has 0 saturated heterocycles. The first-order chi connectivity index (χ1) is 6.15. The van der Waals surface area contributed by atoms with Crippen LogP contribution in [0, 0.1) is 6.92 Å². The summed E-state index contributed by atoms with van der Waals surface area (Å²) in [5, 5.41) is 0. The Morgan fingerprint density at radius 1 is 1.15 bits per heavy atom. The largest absolute Gasteiger partial charge is 0.491 e. The summed E-state index contributed by atoms with van der Waals surface area (Å²) in [6, 6.07) is 3.90. The SMILES string of the molecule is [CH2]CCOc1c(Br)cc(Br)cc1Br. The van der Waals surface area contributed by atoms with Crippen LogP contribution in [-0.2, 0) is 0 Å². The highest BCUT2D eigenvalue weighted by atomic mass is 79.9. The van der Waals surface area contributed by atoms with Crippen LogP contribution in [0.15, 0.2) is 25.6 Å². The Morgan fingerprint density at radius 3 is 2.15 bits per heavy atom. The quantitative estimate of drug-likeness (QED) is 0.755. The van der Waals surface area contributed by atoms with Crippen molar-refractivity contribution in [3.63, 3.8) is 0 Å². The molecule has 0 atom stereocenters. The first-order valence-electron chi connectivity index (χ1n) is 3.71. The molecule has 71 valence electrons. The van der Waals surface area contributed by atoms with Crippen molar-refractivity contribution < 1.29 is 4.74 Å². The monoisotopic (exact) mass is 369 g/mol. The van der Waals surface area contributed by atoms with Crippen molar-refractivity contribution in [3.05, 3.63) is 32.5 Å². The van der Waals surface area contributed by atoms with Crippen molar-refractivity contribution in [2.75, 3.05) is 6.61 Å². The summed E-state index contributed by atoms with van der Waals surface area (Å²) in [6.07, 6.45) is 0.759. The highest BCUT2D eigenvalue weighted by Gasteiger charge is 2.07. The summed E-state index contributed by atoms with van der Waals surface area (Å²) in [5.74, 6) is 0.826. The third-order valence-electron chi connectivity index (χ3n) is 1.35. The van der Waals surface area contributed by atoms with Crippen LogP contribution in [0.2, 0.25) is 0 Å². The van der Waals surface area contributed by atoms with Gasteiger partial charge in [0.25, 0.3) is 0 Å². The van der Waals surface area contributed by atoms with Gasteiger partial charge in [0.05, 0.1) is 15.6 Å². The third-order valence-corrected chi connectivity index (χ3v) is 2.99. The summed E-state index contributed by atoms with van der Waals surface area (Å²) in [7, 11) is 0. The van der Waals surface area contributed by atoms with Gasteiger partial charge in [0.1, 0.15) is 5.75 Å². The highest BCUT2D eigenvalue weighted by Crippen LogP contribution is 2.36. The Balaban J connectivity index is 2.92. The van der Waals surface area contributed by atoms with Crippen molar-refractivity contribution in [2.24, 2.45) is 0 Å². The lowest BCUT2D eigenvalue weighted by atomic mass is 10.3. The molecular formula is C9H8Br3O. The molecular weight excluding hydrogens is 364 g/mol. The second kappa shape index (κ2) is 5.37. The van der Waals surface area contributed by atoms with Gasteiger partial charge in [-0.2, -0.15) is 0 Å².